The Kier molecular flexibility index (Phi) is 4.00. The van der Waals surface area contributed by atoms with Gasteiger partial charge >= 0.3 is 13.3 Å². The number of nitrogens with zero attached hydrogens (tertiary/aromatic N) is 2. The molecule has 0 bridgehead atoms. The highest BCUT2D eigenvalue weighted by atomic mass is 19.4. The molecule has 134 valence electrons. The van der Waals surface area contributed by atoms with Gasteiger partial charge in [-0.15, -0.1) is 0 Å². The maximum atomic E-state index is 13.6. The van der Waals surface area contributed by atoms with Crippen molar-refractivity contribution in [2.45, 2.75) is 52.0 Å². The molecule has 0 amide bonds. The van der Waals surface area contributed by atoms with E-state index in [0.717, 1.165) is 6.07 Å². The number of halogens is 3. The van der Waals surface area contributed by atoms with Crippen molar-refractivity contribution < 1.29 is 27.0 Å². The highest BCUT2D eigenvalue weighted by molar-refractivity contribution is 6.62. The van der Waals surface area contributed by atoms with Crippen LogP contribution in [0.5, 0.6) is 0 Å². The van der Waals surface area contributed by atoms with Crippen LogP contribution in [0.3, 0.4) is 0 Å². The molecule has 1 aromatic carbocycles. The number of alkyl halides is 3. The first-order chi connectivity index (χ1) is 11.4. The molecule has 0 radical (unpaired) electrons. The fourth-order valence-corrected chi connectivity index (χ4v) is 2.53. The third-order valence-corrected chi connectivity index (χ3v) is 4.65. The van der Waals surface area contributed by atoms with Gasteiger partial charge in [-0.25, -0.2) is 0 Å². The molecule has 0 aliphatic carbocycles. The zero-order chi connectivity index (χ0) is 18.6. The third kappa shape index (κ3) is 3.18. The summed E-state index contributed by atoms with van der Waals surface area (Å²) >= 11 is 0. The van der Waals surface area contributed by atoms with Crippen molar-refractivity contribution in [1.82, 2.24) is 10.1 Å². The number of rotatable bonds is 2. The first-order valence-electron chi connectivity index (χ1n) is 7.78. The van der Waals surface area contributed by atoms with Gasteiger partial charge in [-0.2, -0.15) is 18.2 Å². The minimum Gasteiger partial charge on any atom is -0.399 e. The Morgan fingerprint density at radius 3 is 2.12 bits per heavy atom. The second kappa shape index (κ2) is 5.57. The summed E-state index contributed by atoms with van der Waals surface area (Å²) in [6.07, 6.45) is -4.58. The van der Waals surface area contributed by atoms with Crippen molar-refractivity contribution in [1.29, 1.82) is 0 Å². The largest absolute Gasteiger partial charge is 0.495 e. The van der Waals surface area contributed by atoms with Gasteiger partial charge in [-0.05, 0) is 39.2 Å². The van der Waals surface area contributed by atoms with Crippen molar-refractivity contribution in [3.8, 4) is 11.4 Å². The number of benzene rings is 1. The average molecular weight is 354 g/mol. The monoisotopic (exact) mass is 354 g/mol. The molecule has 0 N–H and O–H groups in total. The second-order valence-corrected chi connectivity index (χ2v) is 7.03. The van der Waals surface area contributed by atoms with Crippen LogP contribution in [-0.4, -0.2) is 28.5 Å². The molecule has 1 aromatic heterocycles. The molecule has 0 saturated carbocycles. The lowest BCUT2D eigenvalue weighted by Crippen LogP contribution is -2.41. The molecule has 0 spiro atoms. The van der Waals surface area contributed by atoms with Crippen LogP contribution >= 0.6 is 0 Å². The maximum Gasteiger partial charge on any atom is 0.495 e. The molecular weight excluding hydrogens is 336 g/mol. The number of aromatic nitrogens is 2. The molecule has 1 saturated heterocycles. The quantitative estimate of drug-likeness (QED) is 0.774. The van der Waals surface area contributed by atoms with E-state index in [9.17, 15) is 13.2 Å². The molecule has 0 unspecified atom stereocenters. The third-order valence-electron chi connectivity index (χ3n) is 4.65. The Labute approximate surface area is 143 Å². The van der Waals surface area contributed by atoms with Crippen LogP contribution in [0.25, 0.3) is 11.4 Å². The molecule has 2 heterocycles. The van der Waals surface area contributed by atoms with Crippen LogP contribution in [-0.2, 0) is 15.5 Å². The minimum absolute atomic E-state index is 0.0740. The lowest BCUT2D eigenvalue weighted by Gasteiger charge is -2.32. The first-order valence-corrected chi connectivity index (χ1v) is 7.78. The highest BCUT2D eigenvalue weighted by Gasteiger charge is 2.53. The molecular formula is C16H18BF3N2O3. The Bertz CT molecular complexity index is 786. The van der Waals surface area contributed by atoms with Crippen molar-refractivity contribution >= 4 is 12.6 Å². The number of hydrogen-bond donors (Lipinski definition) is 0. The Morgan fingerprint density at radius 1 is 1.04 bits per heavy atom. The predicted octanol–water partition coefficient (Wildman–Crippen LogP) is 3.36. The van der Waals surface area contributed by atoms with Crippen LogP contribution in [0.2, 0.25) is 0 Å². The predicted molar refractivity (Wildman–Crippen MR) is 85.2 cm³/mol. The summed E-state index contributed by atoms with van der Waals surface area (Å²) in [7, 11) is -1.11. The van der Waals surface area contributed by atoms with Crippen LogP contribution in [0.1, 0.15) is 39.1 Å². The van der Waals surface area contributed by atoms with E-state index < -0.39 is 30.1 Å². The molecule has 0 atom stereocenters. The summed E-state index contributed by atoms with van der Waals surface area (Å²) in [5.41, 5.74) is -2.17. The number of aryl methyl sites for hydroxylation is 1. The van der Waals surface area contributed by atoms with E-state index in [1.54, 1.807) is 34.6 Å². The van der Waals surface area contributed by atoms with E-state index in [1.165, 1.54) is 12.1 Å². The molecule has 5 nitrogen and oxygen atoms in total. The van der Waals surface area contributed by atoms with Gasteiger partial charge in [0.25, 0.3) is 0 Å². The maximum absolute atomic E-state index is 13.6. The van der Waals surface area contributed by atoms with E-state index in [0.29, 0.717) is 0 Å². The van der Waals surface area contributed by atoms with Crippen molar-refractivity contribution in [3.05, 3.63) is 29.7 Å². The van der Waals surface area contributed by atoms with Crippen LogP contribution in [0.4, 0.5) is 13.2 Å². The van der Waals surface area contributed by atoms with E-state index in [1.807, 2.05) is 0 Å². The summed E-state index contributed by atoms with van der Waals surface area (Å²) in [6, 6.07) is 3.83. The summed E-state index contributed by atoms with van der Waals surface area (Å²) in [5, 5.41) is 3.67. The summed E-state index contributed by atoms with van der Waals surface area (Å²) in [6.45, 7) is 8.72. The van der Waals surface area contributed by atoms with E-state index in [2.05, 4.69) is 10.1 Å². The highest BCUT2D eigenvalue weighted by Crippen LogP contribution is 2.38. The Hall–Kier alpha value is -1.87. The molecule has 25 heavy (non-hydrogen) atoms. The van der Waals surface area contributed by atoms with Crippen LogP contribution in [0, 0.1) is 6.92 Å². The van der Waals surface area contributed by atoms with E-state index in [-0.39, 0.29) is 22.7 Å². The normalized spacial score (nSPS) is 19.4. The molecule has 1 aliphatic heterocycles. The van der Waals surface area contributed by atoms with Crippen molar-refractivity contribution in [2.24, 2.45) is 0 Å². The zero-order valence-electron chi connectivity index (χ0n) is 14.6. The standard InChI is InChI=1S/C16H18BF3N2O3/c1-9-21-13(22-23-9)10-6-7-12(11(8-10)16(18,19)20)17-24-14(2,3)15(4,5)25-17/h6-8H,1-5H3. The smallest absolute Gasteiger partial charge is 0.399 e. The first kappa shape index (κ1) is 17.9. The van der Waals surface area contributed by atoms with Crippen LogP contribution in [0.15, 0.2) is 22.7 Å². The van der Waals surface area contributed by atoms with Gasteiger partial charge in [-0.3, -0.25) is 0 Å². The fraction of sp³-hybridized carbons (Fsp3) is 0.500. The van der Waals surface area contributed by atoms with Gasteiger partial charge in [0.05, 0.1) is 16.8 Å². The van der Waals surface area contributed by atoms with Gasteiger partial charge in [0.15, 0.2) is 0 Å². The second-order valence-electron chi connectivity index (χ2n) is 7.03. The molecule has 1 aliphatic rings. The van der Waals surface area contributed by atoms with Crippen LogP contribution < -0.4 is 5.46 Å². The summed E-state index contributed by atoms with van der Waals surface area (Å²) in [4.78, 5) is 3.97. The van der Waals surface area contributed by atoms with Gasteiger partial charge in [0.1, 0.15) is 0 Å². The van der Waals surface area contributed by atoms with Gasteiger partial charge < -0.3 is 13.8 Å². The average Bonchev–Trinajstić information content (AvgIpc) is 2.99. The molecule has 3 rings (SSSR count). The molecule has 9 heteroatoms. The molecule has 1 fully saturated rings. The molecule has 2 aromatic rings. The zero-order valence-corrected chi connectivity index (χ0v) is 14.6. The van der Waals surface area contributed by atoms with E-state index >= 15 is 0 Å². The number of hydrogen-bond acceptors (Lipinski definition) is 5. The van der Waals surface area contributed by atoms with Gasteiger partial charge in [0.2, 0.25) is 11.7 Å². The van der Waals surface area contributed by atoms with Gasteiger partial charge in [0, 0.05) is 12.5 Å². The van der Waals surface area contributed by atoms with E-state index in [4.69, 9.17) is 13.8 Å². The Balaban J connectivity index is 2.06. The lowest BCUT2D eigenvalue weighted by atomic mass is 9.75. The van der Waals surface area contributed by atoms with Gasteiger partial charge in [-0.1, -0.05) is 17.3 Å². The summed E-state index contributed by atoms with van der Waals surface area (Å²) in [5.74, 6) is 0.377. The van der Waals surface area contributed by atoms with Crippen molar-refractivity contribution in [2.75, 3.05) is 0 Å². The lowest BCUT2D eigenvalue weighted by molar-refractivity contribution is -0.136. The van der Waals surface area contributed by atoms with Crippen molar-refractivity contribution in [3.63, 3.8) is 0 Å². The summed E-state index contributed by atoms with van der Waals surface area (Å²) < 4.78 is 57.2. The Morgan fingerprint density at radius 2 is 1.64 bits per heavy atom. The fourth-order valence-electron chi connectivity index (χ4n) is 2.53. The topological polar surface area (TPSA) is 57.4 Å². The minimum atomic E-state index is -4.58. The SMILES string of the molecule is Cc1nc(-c2ccc(B3OC(C)(C)C(C)(C)O3)c(C(F)(F)F)c2)no1.